The Bertz CT molecular complexity index is 1400. The fraction of sp³-hybridized carbons (Fsp3) is 0.519. The maximum Gasteiger partial charge on any atom is 0.274 e. The summed E-state index contributed by atoms with van der Waals surface area (Å²) in [4.78, 5) is 32.5. The molecule has 2 aromatic heterocycles. The van der Waals surface area contributed by atoms with Gasteiger partial charge in [-0.1, -0.05) is 20.8 Å². The van der Waals surface area contributed by atoms with Crippen LogP contribution in [0, 0.1) is 6.92 Å². The number of aromatic nitrogens is 4. The quantitative estimate of drug-likeness (QED) is 0.403. The fourth-order valence-corrected chi connectivity index (χ4v) is 4.26. The van der Waals surface area contributed by atoms with Gasteiger partial charge >= 0.3 is 0 Å². The first-order valence-electron chi connectivity index (χ1n) is 12.7. The Morgan fingerprint density at radius 1 is 1.13 bits per heavy atom. The molecule has 0 unspecified atom stereocenters. The summed E-state index contributed by atoms with van der Waals surface area (Å²) in [7, 11) is 3.14. The zero-order valence-electron chi connectivity index (χ0n) is 23.5. The number of hydrogen-bond acceptors (Lipinski definition) is 8. The van der Waals surface area contributed by atoms with Crippen molar-refractivity contribution in [3.63, 3.8) is 0 Å². The molecule has 3 rings (SSSR count). The van der Waals surface area contributed by atoms with Crippen molar-refractivity contribution in [1.29, 1.82) is 0 Å². The van der Waals surface area contributed by atoms with E-state index >= 15 is 0 Å². The number of carbonyl (C=O) groups excluding carboxylic acids is 2. The van der Waals surface area contributed by atoms with E-state index in [0.29, 0.717) is 41.4 Å². The largest absolute Gasteiger partial charge is 0.493 e. The predicted octanol–water partition coefficient (Wildman–Crippen LogP) is 2.41. The van der Waals surface area contributed by atoms with E-state index in [-0.39, 0.29) is 42.6 Å². The Morgan fingerprint density at radius 2 is 1.82 bits per heavy atom. The first-order valence-corrected chi connectivity index (χ1v) is 12.7. The molecule has 0 saturated heterocycles. The maximum atomic E-state index is 13.6. The highest BCUT2D eigenvalue weighted by molar-refractivity contribution is 5.97. The SMILES string of the molecule is CCN(CC)C(=O)c1cc(C)c2nn(CC(=O)c3cc(OCCO)c(OC)c(C(C)(C)C)c3)/c(=N\C)n2n1. The first-order chi connectivity index (χ1) is 18.0. The topological polar surface area (TPSA) is 124 Å². The molecule has 1 aromatic carbocycles. The van der Waals surface area contributed by atoms with Crippen molar-refractivity contribution in [3.05, 3.63) is 46.2 Å². The average Bonchev–Trinajstić information content (AvgIpc) is 3.24. The lowest BCUT2D eigenvalue weighted by atomic mass is 9.84. The van der Waals surface area contributed by atoms with Crippen LogP contribution in [0.1, 0.15) is 66.6 Å². The number of ketones is 1. The number of Topliss-reactive ketones (excluding diaryl/α,β-unsaturated/α-hetero) is 1. The molecule has 0 atom stereocenters. The summed E-state index contributed by atoms with van der Waals surface area (Å²) in [6.45, 7) is 12.7. The number of amides is 1. The van der Waals surface area contributed by atoms with Gasteiger partial charge in [-0.15, -0.1) is 5.10 Å². The molecule has 11 nitrogen and oxygen atoms in total. The van der Waals surface area contributed by atoms with Crippen LogP contribution in [0.3, 0.4) is 0 Å². The van der Waals surface area contributed by atoms with Gasteiger partial charge in [0.05, 0.1) is 13.7 Å². The minimum atomic E-state index is -0.339. The van der Waals surface area contributed by atoms with Crippen LogP contribution in [0.5, 0.6) is 11.5 Å². The molecule has 0 aliphatic rings. The second-order valence-electron chi connectivity index (χ2n) is 9.91. The predicted molar refractivity (Wildman–Crippen MR) is 143 cm³/mol. The summed E-state index contributed by atoms with van der Waals surface area (Å²) in [5, 5.41) is 18.4. The summed E-state index contributed by atoms with van der Waals surface area (Å²) in [6, 6.07) is 5.13. The van der Waals surface area contributed by atoms with Crippen molar-refractivity contribution < 1.29 is 24.2 Å². The molecule has 0 bridgehead atoms. The van der Waals surface area contributed by atoms with Gasteiger partial charge in [-0.25, -0.2) is 4.68 Å². The Labute approximate surface area is 222 Å². The van der Waals surface area contributed by atoms with Crippen LogP contribution < -0.4 is 15.1 Å². The van der Waals surface area contributed by atoms with E-state index < -0.39 is 0 Å². The molecule has 1 N–H and O–H groups in total. The molecule has 3 aromatic rings. The van der Waals surface area contributed by atoms with Gasteiger partial charge in [0.25, 0.3) is 5.91 Å². The number of aryl methyl sites for hydroxylation is 1. The maximum absolute atomic E-state index is 13.6. The number of nitrogens with zero attached hydrogens (tertiary/aromatic N) is 6. The molecular weight excluding hydrogens is 488 g/mol. The highest BCUT2D eigenvalue weighted by atomic mass is 16.5. The van der Waals surface area contributed by atoms with Crippen LogP contribution in [0.15, 0.2) is 23.2 Å². The van der Waals surface area contributed by atoms with Crippen LogP contribution in [0.4, 0.5) is 0 Å². The van der Waals surface area contributed by atoms with Crippen molar-refractivity contribution in [2.75, 3.05) is 40.5 Å². The lowest BCUT2D eigenvalue weighted by Crippen LogP contribution is -2.33. The Morgan fingerprint density at radius 3 is 2.37 bits per heavy atom. The third-order valence-electron chi connectivity index (χ3n) is 6.25. The third kappa shape index (κ3) is 5.72. The van der Waals surface area contributed by atoms with E-state index in [2.05, 4.69) is 15.2 Å². The number of carbonyl (C=O) groups is 2. The molecule has 0 aliphatic heterocycles. The number of rotatable bonds is 10. The number of hydrogen-bond donors (Lipinski definition) is 1. The minimum absolute atomic E-state index is 0.0666. The van der Waals surface area contributed by atoms with Crippen molar-refractivity contribution in [2.24, 2.45) is 4.99 Å². The Hall–Kier alpha value is -3.73. The molecule has 38 heavy (non-hydrogen) atoms. The summed E-state index contributed by atoms with van der Waals surface area (Å²) < 4.78 is 14.3. The summed E-state index contributed by atoms with van der Waals surface area (Å²) >= 11 is 0. The van der Waals surface area contributed by atoms with Crippen molar-refractivity contribution >= 4 is 17.3 Å². The van der Waals surface area contributed by atoms with Crippen LogP contribution in [-0.2, 0) is 12.0 Å². The Balaban J connectivity index is 2.09. The average molecular weight is 527 g/mol. The van der Waals surface area contributed by atoms with E-state index in [9.17, 15) is 14.7 Å². The van der Waals surface area contributed by atoms with E-state index in [4.69, 9.17) is 9.47 Å². The molecule has 206 valence electrons. The monoisotopic (exact) mass is 526 g/mol. The number of aliphatic hydroxyl groups is 1. The normalized spacial score (nSPS) is 12.2. The molecule has 0 spiro atoms. The van der Waals surface area contributed by atoms with Gasteiger partial charge in [0, 0.05) is 31.3 Å². The second kappa shape index (κ2) is 11.8. The zero-order chi connectivity index (χ0) is 28.2. The lowest BCUT2D eigenvalue weighted by Gasteiger charge is -2.25. The number of fused-ring (bicyclic) bond motifs is 1. The highest BCUT2D eigenvalue weighted by Gasteiger charge is 2.26. The number of ether oxygens (including phenoxy) is 2. The Kier molecular flexibility index (Phi) is 8.93. The summed E-state index contributed by atoms with van der Waals surface area (Å²) in [5.41, 5.74) is 2.75. The van der Waals surface area contributed by atoms with Gasteiger partial charge in [-0.05, 0) is 49.9 Å². The van der Waals surface area contributed by atoms with Crippen molar-refractivity contribution in [2.45, 2.75) is 53.5 Å². The van der Waals surface area contributed by atoms with Crippen LogP contribution in [-0.4, -0.2) is 81.6 Å². The van der Waals surface area contributed by atoms with Crippen molar-refractivity contribution in [3.8, 4) is 11.5 Å². The summed E-state index contributed by atoms with van der Waals surface area (Å²) in [6.07, 6.45) is 0. The van der Waals surface area contributed by atoms with Gasteiger partial charge in [-0.3, -0.25) is 14.6 Å². The van der Waals surface area contributed by atoms with Crippen LogP contribution >= 0.6 is 0 Å². The molecule has 0 fully saturated rings. The molecule has 0 aliphatic carbocycles. The molecule has 11 heteroatoms. The molecule has 1 amide bonds. The van der Waals surface area contributed by atoms with Gasteiger partial charge in [-0.2, -0.15) is 9.61 Å². The number of benzene rings is 1. The summed E-state index contributed by atoms with van der Waals surface area (Å²) in [5.74, 6) is 0.510. The van der Waals surface area contributed by atoms with E-state index in [1.54, 1.807) is 37.3 Å². The van der Waals surface area contributed by atoms with E-state index in [0.717, 1.165) is 11.1 Å². The van der Waals surface area contributed by atoms with Gasteiger partial charge in [0.15, 0.2) is 22.9 Å². The van der Waals surface area contributed by atoms with Crippen LogP contribution in [0.25, 0.3) is 5.65 Å². The minimum Gasteiger partial charge on any atom is -0.493 e. The fourth-order valence-electron chi connectivity index (χ4n) is 4.26. The number of methoxy groups -OCH3 is 1. The van der Waals surface area contributed by atoms with Crippen LogP contribution in [0.2, 0.25) is 0 Å². The lowest BCUT2D eigenvalue weighted by molar-refractivity contribution is 0.0765. The smallest absolute Gasteiger partial charge is 0.274 e. The van der Waals surface area contributed by atoms with Gasteiger partial charge in [0.1, 0.15) is 18.8 Å². The molecule has 0 saturated carbocycles. The molecule has 2 heterocycles. The zero-order valence-corrected chi connectivity index (χ0v) is 23.5. The van der Waals surface area contributed by atoms with E-state index in [1.807, 2.05) is 41.5 Å². The standard InChI is InChI=1S/C27H38N6O5/c1-9-31(10-2)25(36)20-13-17(3)24-30-32(26(28-7)33(24)29-20)16-21(35)18-14-19(27(4,5)6)23(37-8)22(15-18)38-12-11-34/h13-15,34H,9-12,16H2,1-8H3/b28-26+. The van der Waals surface area contributed by atoms with Gasteiger partial charge in [0.2, 0.25) is 5.62 Å². The van der Waals surface area contributed by atoms with Gasteiger partial charge < -0.3 is 19.5 Å². The molecule has 0 radical (unpaired) electrons. The highest BCUT2D eigenvalue weighted by Crippen LogP contribution is 2.39. The van der Waals surface area contributed by atoms with Crippen molar-refractivity contribution in [1.82, 2.24) is 24.3 Å². The van der Waals surface area contributed by atoms with E-state index in [1.165, 1.54) is 9.20 Å². The first kappa shape index (κ1) is 28.8. The third-order valence-corrected chi connectivity index (χ3v) is 6.25. The molecular formula is C27H38N6O5. The second-order valence-corrected chi connectivity index (χ2v) is 9.91. The number of aliphatic hydroxyl groups excluding tert-OH is 1.